The third kappa shape index (κ3) is 4.36. The van der Waals surface area contributed by atoms with Gasteiger partial charge in [0, 0.05) is 23.3 Å². The lowest BCUT2D eigenvalue weighted by Gasteiger charge is -2.42. The van der Waals surface area contributed by atoms with Crippen molar-refractivity contribution in [2.24, 2.45) is 0 Å². The lowest BCUT2D eigenvalue weighted by molar-refractivity contribution is -0.139. The Morgan fingerprint density at radius 1 is 1.26 bits per heavy atom. The molecule has 1 aliphatic rings. The van der Waals surface area contributed by atoms with Crippen LogP contribution in [0.15, 0.2) is 30.3 Å². The lowest BCUT2D eigenvalue weighted by atomic mass is 9.85. The third-order valence-electron chi connectivity index (χ3n) is 5.09. The van der Waals surface area contributed by atoms with Gasteiger partial charge in [-0.15, -0.1) is 0 Å². The highest BCUT2D eigenvalue weighted by atomic mass is 16.4. The zero-order chi connectivity index (χ0) is 19.6. The number of likely N-dealkylation sites (N-methyl/N-ethyl adjacent to an activating group) is 1. The molecule has 2 aromatic rings. The van der Waals surface area contributed by atoms with Gasteiger partial charge in [-0.1, -0.05) is 6.92 Å². The molecule has 7 nitrogen and oxygen atoms in total. The molecule has 0 spiro atoms. The van der Waals surface area contributed by atoms with E-state index >= 15 is 0 Å². The molecule has 27 heavy (non-hydrogen) atoms. The summed E-state index contributed by atoms with van der Waals surface area (Å²) in [5, 5.41) is 16.4. The van der Waals surface area contributed by atoms with E-state index in [9.17, 15) is 9.59 Å². The number of hydrogen-bond donors (Lipinski definition) is 2. The number of carboxylic acids is 1. The predicted molar refractivity (Wildman–Crippen MR) is 102 cm³/mol. The normalized spacial score (nSPS) is 19.0. The Morgan fingerprint density at radius 2 is 1.93 bits per heavy atom. The fourth-order valence-corrected chi connectivity index (χ4v) is 3.59. The molecule has 0 unspecified atom stereocenters. The van der Waals surface area contributed by atoms with Gasteiger partial charge in [-0.25, -0.2) is 4.68 Å². The maximum Gasteiger partial charge on any atom is 0.317 e. The van der Waals surface area contributed by atoms with Crippen LogP contribution in [0.5, 0.6) is 0 Å². The van der Waals surface area contributed by atoms with Crippen LogP contribution in [0.2, 0.25) is 0 Å². The largest absolute Gasteiger partial charge is 0.480 e. The Hall–Kier alpha value is -2.67. The molecule has 0 bridgehead atoms. The second-order valence-electron chi connectivity index (χ2n) is 7.14. The van der Waals surface area contributed by atoms with E-state index in [1.54, 1.807) is 12.1 Å². The highest BCUT2D eigenvalue weighted by Crippen LogP contribution is 2.26. The second kappa shape index (κ2) is 7.92. The maximum absolute atomic E-state index is 12.4. The van der Waals surface area contributed by atoms with Crippen LogP contribution in [-0.2, 0) is 4.79 Å². The van der Waals surface area contributed by atoms with Crippen molar-refractivity contribution in [2.45, 2.75) is 45.7 Å². The minimum absolute atomic E-state index is 0.0512. The minimum Gasteiger partial charge on any atom is -0.480 e. The summed E-state index contributed by atoms with van der Waals surface area (Å²) in [6.45, 7) is 6.66. The average Bonchev–Trinajstić information content (AvgIpc) is 2.94. The van der Waals surface area contributed by atoms with E-state index in [1.807, 2.05) is 48.6 Å². The van der Waals surface area contributed by atoms with Gasteiger partial charge in [0.25, 0.3) is 5.91 Å². The van der Waals surface area contributed by atoms with Gasteiger partial charge in [0.1, 0.15) is 0 Å². The minimum atomic E-state index is -0.813. The summed E-state index contributed by atoms with van der Waals surface area (Å²) in [6.07, 6.45) is 1.58. The first kappa shape index (κ1) is 19.1. The Labute approximate surface area is 159 Å². The monoisotopic (exact) mass is 370 g/mol. The molecule has 0 atom stereocenters. The van der Waals surface area contributed by atoms with Crippen LogP contribution in [0.3, 0.4) is 0 Å². The molecule has 7 heteroatoms. The van der Waals surface area contributed by atoms with Gasteiger partial charge in [0.2, 0.25) is 0 Å². The van der Waals surface area contributed by atoms with Crippen molar-refractivity contribution < 1.29 is 14.7 Å². The summed E-state index contributed by atoms with van der Waals surface area (Å²) < 4.78 is 1.86. The third-order valence-corrected chi connectivity index (χ3v) is 5.09. The molecule has 0 saturated heterocycles. The first-order chi connectivity index (χ1) is 12.9. The van der Waals surface area contributed by atoms with E-state index in [2.05, 4.69) is 10.4 Å². The van der Waals surface area contributed by atoms with Crippen LogP contribution in [0.1, 0.15) is 41.5 Å². The molecule has 0 radical (unpaired) electrons. The zero-order valence-electron chi connectivity index (χ0n) is 16.0. The molecular weight excluding hydrogens is 344 g/mol. The predicted octanol–water partition coefficient (Wildman–Crippen LogP) is 2.16. The van der Waals surface area contributed by atoms with Gasteiger partial charge < -0.3 is 10.4 Å². The van der Waals surface area contributed by atoms with Crippen molar-refractivity contribution in [1.29, 1.82) is 0 Å². The topological polar surface area (TPSA) is 87.5 Å². The fraction of sp³-hybridized carbons (Fsp3) is 0.450. The molecule has 1 heterocycles. The highest BCUT2D eigenvalue weighted by molar-refractivity contribution is 5.94. The number of amides is 1. The molecule has 1 aromatic heterocycles. The number of nitrogens with zero attached hydrogens (tertiary/aromatic N) is 3. The van der Waals surface area contributed by atoms with Crippen LogP contribution < -0.4 is 5.32 Å². The zero-order valence-corrected chi connectivity index (χ0v) is 16.0. The van der Waals surface area contributed by atoms with Crippen molar-refractivity contribution >= 4 is 11.9 Å². The molecule has 1 amide bonds. The molecular formula is C20H26N4O3. The number of carbonyl (C=O) groups is 2. The van der Waals surface area contributed by atoms with Gasteiger partial charge in [-0.05, 0) is 63.6 Å². The van der Waals surface area contributed by atoms with Crippen molar-refractivity contribution in [1.82, 2.24) is 20.0 Å². The lowest BCUT2D eigenvalue weighted by Crippen LogP contribution is -2.54. The number of nitrogens with one attached hydrogen (secondary N) is 1. The first-order valence-electron chi connectivity index (χ1n) is 9.27. The second-order valence-corrected chi connectivity index (χ2v) is 7.14. The Morgan fingerprint density at radius 3 is 2.44 bits per heavy atom. The molecule has 0 aliphatic heterocycles. The summed E-state index contributed by atoms with van der Waals surface area (Å²) in [5.74, 6) is -0.910. The summed E-state index contributed by atoms with van der Waals surface area (Å²) in [5.41, 5.74) is 3.54. The summed E-state index contributed by atoms with van der Waals surface area (Å²) in [6, 6.07) is 9.73. The summed E-state index contributed by atoms with van der Waals surface area (Å²) >= 11 is 0. The van der Waals surface area contributed by atoms with Crippen LogP contribution in [0.25, 0.3) is 5.69 Å². The van der Waals surface area contributed by atoms with Gasteiger partial charge in [-0.3, -0.25) is 14.5 Å². The van der Waals surface area contributed by atoms with Crippen molar-refractivity contribution in [3.05, 3.63) is 47.3 Å². The van der Waals surface area contributed by atoms with Gasteiger partial charge in [-0.2, -0.15) is 5.10 Å². The number of hydrogen-bond acceptors (Lipinski definition) is 4. The number of aromatic nitrogens is 2. The SMILES string of the molecule is CCN(CC(=O)O)C1CC(NC(=O)c2ccc(-n3nc(C)cc3C)cc2)C1. The number of carboxylic acid groups (broad SMARTS) is 1. The van der Waals surface area contributed by atoms with Crippen LogP contribution >= 0.6 is 0 Å². The Balaban J connectivity index is 1.55. The van der Waals surface area contributed by atoms with Crippen molar-refractivity contribution in [2.75, 3.05) is 13.1 Å². The fourth-order valence-electron chi connectivity index (χ4n) is 3.59. The van der Waals surface area contributed by atoms with E-state index in [-0.39, 0.29) is 24.5 Å². The first-order valence-corrected chi connectivity index (χ1v) is 9.27. The Kier molecular flexibility index (Phi) is 5.60. The van der Waals surface area contributed by atoms with Gasteiger partial charge >= 0.3 is 5.97 Å². The van der Waals surface area contributed by atoms with E-state index in [1.165, 1.54) is 0 Å². The van der Waals surface area contributed by atoms with Crippen LogP contribution in [-0.4, -0.2) is 56.8 Å². The smallest absolute Gasteiger partial charge is 0.317 e. The molecule has 3 rings (SSSR count). The van der Waals surface area contributed by atoms with Gasteiger partial charge in [0.05, 0.1) is 17.9 Å². The highest BCUT2D eigenvalue weighted by Gasteiger charge is 2.34. The molecule has 1 saturated carbocycles. The average molecular weight is 370 g/mol. The molecule has 1 aliphatic carbocycles. The number of benzene rings is 1. The van der Waals surface area contributed by atoms with E-state index < -0.39 is 5.97 Å². The summed E-state index contributed by atoms with van der Waals surface area (Å²) in [7, 11) is 0. The maximum atomic E-state index is 12.4. The van der Waals surface area contributed by atoms with Crippen LogP contribution in [0.4, 0.5) is 0 Å². The van der Waals surface area contributed by atoms with E-state index in [0.717, 1.165) is 29.9 Å². The molecule has 1 aromatic carbocycles. The number of aliphatic carboxylic acids is 1. The number of rotatable bonds is 7. The summed E-state index contributed by atoms with van der Waals surface area (Å²) in [4.78, 5) is 25.3. The van der Waals surface area contributed by atoms with E-state index in [0.29, 0.717) is 12.1 Å². The Bertz CT molecular complexity index is 822. The van der Waals surface area contributed by atoms with E-state index in [4.69, 9.17) is 5.11 Å². The molecule has 144 valence electrons. The number of carbonyl (C=O) groups excluding carboxylic acids is 1. The molecule has 1 fully saturated rings. The van der Waals surface area contributed by atoms with Crippen molar-refractivity contribution in [3.8, 4) is 5.69 Å². The molecule has 2 N–H and O–H groups in total. The van der Waals surface area contributed by atoms with Crippen LogP contribution in [0, 0.1) is 13.8 Å². The van der Waals surface area contributed by atoms with Crippen molar-refractivity contribution in [3.63, 3.8) is 0 Å². The quantitative estimate of drug-likeness (QED) is 0.780. The van der Waals surface area contributed by atoms with Gasteiger partial charge in [0.15, 0.2) is 0 Å². The standard InChI is InChI=1S/C20H26N4O3/c1-4-23(12-19(25)26)18-10-16(11-18)21-20(27)15-5-7-17(8-6-15)24-14(3)9-13(2)22-24/h5-9,16,18H,4,10-12H2,1-3H3,(H,21,27)(H,25,26). The number of aryl methyl sites for hydroxylation is 2.